The van der Waals surface area contributed by atoms with Gasteiger partial charge in [-0.15, -0.1) is 0 Å². The molecular weight excluding hydrogens is 374 g/mol. The lowest BCUT2D eigenvalue weighted by Gasteiger charge is -2.36. The number of nitrogens with two attached hydrogens (primary N) is 1. The molecule has 0 unspecified atom stereocenters. The van der Waals surface area contributed by atoms with Crippen LogP contribution in [0.1, 0.15) is 18.1 Å². The zero-order chi connectivity index (χ0) is 20.8. The number of hydrogen-bond acceptors (Lipinski definition) is 6. The second kappa shape index (κ2) is 9.18. The van der Waals surface area contributed by atoms with Crippen LogP contribution in [0.2, 0.25) is 0 Å². The molecule has 8 heteroatoms. The van der Waals surface area contributed by atoms with Crippen molar-refractivity contribution in [3.8, 4) is 11.5 Å². The maximum absolute atomic E-state index is 12.8. The number of aromatic hydroxyl groups is 1. The van der Waals surface area contributed by atoms with Gasteiger partial charge in [0, 0.05) is 37.9 Å². The van der Waals surface area contributed by atoms with Gasteiger partial charge in [0.2, 0.25) is 5.91 Å². The number of phenols is 1. The van der Waals surface area contributed by atoms with E-state index in [-0.39, 0.29) is 18.1 Å². The first-order valence-electron chi connectivity index (χ1n) is 9.38. The van der Waals surface area contributed by atoms with Crippen LogP contribution < -0.4 is 15.4 Å². The fourth-order valence-electron chi connectivity index (χ4n) is 3.41. The summed E-state index contributed by atoms with van der Waals surface area (Å²) in [7, 11) is 1.50. The molecule has 0 aliphatic carbocycles. The maximum Gasteiger partial charge on any atom is 0.405 e. The minimum Gasteiger partial charge on any atom is -0.504 e. The van der Waals surface area contributed by atoms with Crippen LogP contribution in [0.15, 0.2) is 48.5 Å². The topological polar surface area (TPSA) is 105 Å². The predicted molar refractivity (Wildman–Crippen MR) is 108 cm³/mol. The molecule has 0 bridgehead atoms. The van der Waals surface area contributed by atoms with Crippen LogP contribution in [0.4, 0.5) is 10.5 Å². The molecule has 1 heterocycles. The van der Waals surface area contributed by atoms with Gasteiger partial charge in [0.25, 0.3) is 0 Å². The molecule has 1 fully saturated rings. The van der Waals surface area contributed by atoms with Gasteiger partial charge < -0.3 is 30.1 Å². The second-order valence-electron chi connectivity index (χ2n) is 6.76. The molecule has 1 aliphatic heterocycles. The van der Waals surface area contributed by atoms with Crippen molar-refractivity contribution < 1.29 is 24.2 Å². The van der Waals surface area contributed by atoms with Crippen molar-refractivity contribution >= 4 is 17.7 Å². The van der Waals surface area contributed by atoms with Crippen molar-refractivity contribution in [2.75, 3.05) is 38.2 Å². The van der Waals surface area contributed by atoms with Gasteiger partial charge in [-0.05, 0) is 17.7 Å². The number of phenolic OH excluding ortho intramolecular Hbond substituents is 1. The SMILES string of the molecule is COc1ccc(N2CCN(C(=O)C[C@@H](OC(N)=O)c3ccccc3)CC2)cc1O. The molecule has 0 radical (unpaired) electrons. The minimum atomic E-state index is -0.907. The van der Waals surface area contributed by atoms with E-state index in [1.165, 1.54) is 7.11 Å². The molecule has 8 nitrogen and oxygen atoms in total. The highest BCUT2D eigenvalue weighted by Crippen LogP contribution is 2.31. The number of rotatable bonds is 6. The Kier molecular flexibility index (Phi) is 6.43. The lowest BCUT2D eigenvalue weighted by molar-refractivity contribution is -0.133. The number of piperazine rings is 1. The van der Waals surface area contributed by atoms with Gasteiger partial charge in [-0.3, -0.25) is 4.79 Å². The van der Waals surface area contributed by atoms with Crippen molar-refractivity contribution in [1.29, 1.82) is 0 Å². The Labute approximate surface area is 169 Å². The molecule has 1 saturated heterocycles. The molecule has 154 valence electrons. The highest BCUT2D eigenvalue weighted by Gasteiger charge is 2.26. The number of primary amides is 1. The summed E-state index contributed by atoms with van der Waals surface area (Å²) in [5.74, 6) is 0.402. The lowest BCUT2D eigenvalue weighted by Crippen LogP contribution is -2.49. The monoisotopic (exact) mass is 399 g/mol. The van der Waals surface area contributed by atoms with Gasteiger partial charge in [-0.1, -0.05) is 30.3 Å². The standard InChI is InChI=1S/C21H25N3O5/c1-28-18-8-7-16(13-17(18)25)23-9-11-24(12-10-23)20(26)14-19(29-21(22)27)15-5-3-2-4-6-15/h2-8,13,19,25H,9-12,14H2,1H3,(H2,22,27)/t19-/m1/s1. The summed E-state index contributed by atoms with van der Waals surface area (Å²) in [5, 5.41) is 9.97. The third-order valence-electron chi connectivity index (χ3n) is 4.95. The number of anilines is 1. The molecule has 0 aromatic heterocycles. The zero-order valence-corrected chi connectivity index (χ0v) is 16.3. The van der Waals surface area contributed by atoms with Gasteiger partial charge in [0.1, 0.15) is 6.10 Å². The summed E-state index contributed by atoms with van der Waals surface area (Å²) in [6.07, 6.45) is -1.58. The molecule has 2 amide bonds. The Balaban J connectivity index is 1.60. The molecular formula is C21H25N3O5. The number of carbonyl (C=O) groups excluding carboxylic acids is 2. The summed E-state index contributed by atoms with van der Waals surface area (Å²) in [5.41, 5.74) is 6.78. The Morgan fingerprint density at radius 2 is 1.79 bits per heavy atom. The molecule has 1 aliphatic rings. The van der Waals surface area contributed by atoms with Crippen LogP contribution in [0, 0.1) is 0 Å². The minimum absolute atomic E-state index is 0.0380. The van der Waals surface area contributed by atoms with Crippen LogP contribution >= 0.6 is 0 Å². The molecule has 0 saturated carbocycles. The highest BCUT2D eigenvalue weighted by atomic mass is 16.6. The van der Waals surface area contributed by atoms with E-state index in [2.05, 4.69) is 4.90 Å². The van der Waals surface area contributed by atoms with E-state index in [0.29, 0.717) is 31.9 Å². The van der Waals surface area contributed by atoms with Crippen molar-refractivity contribution in [2.45, 2.75) is 12.5 Å². The van der Waals surface area contributed by atoms with E-state index in [9.17, 15) is 14.7 Å². The quantitative estimate of drug-likeness (QED) is 0.772. The summed E-state index contributed by atoms with van der Waals surface area (Å²) in [6, 6.07) is 14.3. The van der Waals surface area contributed by atoms with Gasteiger partial charge in [-0.2, -0.15) is 0 Å². The average Bonchev–Trinajstić information content (AvgIpc) is 2.73. The van der Waals surface area contributed by atoms with Crippen LogP contribution in [-0.4, -0.2) is 55.3 Å². The van der Waals surface area contributed by atoms with Crippen LogP contribution in [0.25, 0.3) is 0 Å². The largest absolute Gasteiger partial charge is 0.504 e. The first-order valence-corrected chi connectivity index (χ1v) is 9.38. The number of hydrogen-bond donors (Lipinski definition) is 2. The van der Waals surface area contributed by atoms with Gasteiger partial charge >= 0.3 is 6.09 Å². The van der Waals surface area contributed by atoms with E-state index in [1.807, 2.05) is 24.3 Å². The van der Waals surface area contributed by atoms with Gasteiger partial charge in [0.05, 0.1) is 13.5 Å². The summed E-state index contributed by atoms with van der Waals surface area (Å²) < 4.78 is 10.2. The number of ether oxygens (including phenoxy) is 2. The Bertz CT molecular complexity index is 851. The molecule has 0 spiro atoms. The second-order valence-corrected chi connectivity index (χ2v) is 6.76. The lowest BCUT2D eigenvalue weighted by atomic mass is 10.1. The van der Waals surface area contributed by atoms with E-state index < -0.39 is 12.2 Å². The molecule has 1 atom stereocenters. The third kappa shape index (κ3) is 5.10. The number of methoxy groups -OCH3 is 1. The number of nitrogens with zero attached hydrogens (tertiary/aromatic N) is 2. The van der Waals surface area contributed by atoms with E-state index in [4.69, 9.17) is 15.2 Å². The first kappa shape index (κ1) is 20.3. The summed E-state index contributed by atoms with van der Waals surface area (Å²) in [6.45, 7) is 2.32. The van der Waals surface area contributed by atoms with Crippen LogP contribution in [0.5, 0.6) is 11.5 Å². The molecule has 2 aromatic rings. The van der Waals surface area contributed by atoms with E-state index in [0.717, 1.165) is 11.3 Å². The summed E-state index contributed by atoms with van der Waals surface area (Å²) in [4.78, 5) is 27.9. The third-order valence-corrected chi connectivity index (χ3v) is 4.95. The number of carbonyl (C=O) groups is 2. The smallest absolute Gasteiger partial charge is 0.405 e. The number of benzene rings is 2. The van der Waals surface area contributed by atoms with E-state index in [1.54, 1.807) is 29.2 Å². The van der Waals surface area contributed by atoms with Gasteiger partial charge in [-0.25, -0.2) is 4.79 Å². The van der Waals surface area contributed by atoms with Crippen molar-refractivity contribution in [1.82, 2.24) is 4.90 Å². The Hall–Kier alpha value is -3.42. The molecule has 3 N–H and O–H groups in total. The average molecular weight is 399 g/mol. The predicted octanol–water partition coefficient (Wildman–Crippen LogP) is 2.28. The molecule has 2 aromatic carbocycles. The van der Waals surface area contributed by atoms with Crippen LogP contribution in [-0.2, 0) is 9.53 Å². The van der Waals surface area contributed by atoms with Crippen molar-refractivity contribution in [3.63, 3.8) is 0 Å². The Morgan fingerprint density at radius 3 is 2.38 bits per heavy atom. The van der Waals surface area contributed by atoms with E-state index >= 15 is 0 Å². The fraction of sp³-hybridized carbons (Fsp3) is 0.333. The number of amides is 2. The Morgan fingerprint density at radius 1 is 1.10 bits per heavy atom. The highest BCUT2D eigenvalue weighted by molar-refractivity contribution is 5.78. The van der Waals surface area contributed by atoms with Crippen LogP contribution in [0.3, 0.4) is 0 Å². The van der Waals surface area contributed by atoms with Crippen molar-refractivity contribution in [3.05, 3.63) is 54.1 Å². The zero-order valence-electron chi connectivity index (χ0n) is 16.3. The molecule has 29 heavy (non-hydrogen) atoms. The van der Waals surface area contributed by atoms with Crippen molar-refractivity contribution in [2.24, 2.45) is 5.73 Å². The normalized spacial score (nSPS) is 14.9. The van der Waals surface area contributed by atoms with Gasteiger partial charge in [0.15, 0.2) is 11.5 Å². The maximum atomic E-state index is 12.8. The fourth-order valence-corrected chi connectivity index (χ4v) is 3.41. The summed E-state index contributed by atoms with van der Waals surface area (Å²) >= 11 is 0. The molecule has 3 rings (SSSR count). The first-order chi connectivity index (χ1) is 14.0.